The third-order valence-electron chi connectivity index (χ3n) is 2.30. The molecule has 1 atom stereocenters. The molecule has 0 radical (unpaired) electrons. The van der Waals surface area contributed by atoms with Crippen molar-refractivity contribution in [3.8, 4) is 5.75 Å². The predicted octanol–water partition coefficient (Wildman–Crippen LogP) is 3.36. The fraction of sp³-hybridized carbons (Fsp3) is 0.385. The van der Waals surface area contributed by atoms with Gasteiger partial charge in [0.1, 0.15) is 5.75 Å². The van der Waals surface area contributed by atoms with Crippen molar-refractivity contribution < 1.29 is 4.74 Å². The molecule has 1 aromatic rings. The minimum atomic E-state index is 0.397. The molecule has 0 N–H and O–H groups in total. The number of ether oxygens (including phenoxy) is 1. The Hall–Kier alpha value is -1.11. The zero-order valence-electron chi connectivity index (χ0n) is 9.21. The molecule has 0 aromatic heterocycles. The molecule has 0 heterocycles. The van der Waals surface area contributed by atoms with Crippen molar-refractivity contribution in [2.75, 3.05) is 6.61 Å². The van der Waals surface area contributed by atoms with E-state index < -0.39 is 0 Å². The first kappa shape index (κ1) is 11.0. The summed E-state index contributed by atoms with van der Waals surface area (Å²) in [6.45, 7) is 10.7. The van der Waals surface area contributed by atoms with Crippen molar-refractivity contribution in [2.24, 2.45) is 5.92 Å². The highest BCUT2D eigenvalue weighted by molar-refractivity contribution is 5.39. The summed E-state index contributed by atoms with van der Waals surface area (Å²) in [5.41, 5.74) is 2.39. The molecule has 0 fully saturated rings. The second-order valence-electron chi connectivity index (χ2n) is 3.74. The van der Waals surface area contributed by atoms with Crippen molar-refractivity contribution >= 4 is 0 Å². The molecular formula is C13H18O. The van der Waals surface area contributed by atoms with E-state index in [1.165, 1.54) is 11.1 Å². The summed E-state index contributed by atoms with van der Waals surface area (Å²) >= 11 is 0. The molecule has 76 valence electrons. The van der Waals surface area contributed by atoms with E-state index in [4.69, 9.17) is 4.74 Å². The van der Waals surface area contributed by atoms with E-state index in [1.807, 2.05) is 6.42 Å². The lowest BCUT2D eigenvalue weighted by Crippen LogP contribution is -2.09. The molecule has 1 aromatic carbocycles. The van der Waals surface area contributed by atoms with Crippen LogP contribution in [0.4, 0.5) is 0 Å². The Bertz CT molecular complexity index is 271. The second-order valence-corrected chi connectivity index (χ2v) is 3.74. The molecule has 0 aliphatic carbocycles. The van der Waals surface area contributed by atoms with Crippen LogP contribution in [0.3, 0.4) is 0 Å². The SMILES string of the molecule is [CH2+][CH-]C(C)COc1c(C)cccc1C. The summed E-state index contributed by atoms with van der Waals surface area (Å²) in [5, 5.41) is 0. The van der Waals surface area contributed by atoms with Gasteiger partial charge in [-0.3, -0.25) is 0 Å². The first-order chi connectivity index (χ1) is 6.65. The van der Waals surface area contributed by atoms with Crippen molar-refractivity contribution in [3.05, 3.63) is 42.7 Å². The molecule has 0 aliphatic rings. The summed E-state index contributed by atoms with van der Waals surface area (Å²) in [5.74, 6) is 1.41. The predicted molar refractivity (Wildman–Crippen MR) is 60.2 cm³/mol. The lowest BCUT2D eigenvalue weighted by Gasteiger charge is -2.17. The normalized spacial score (nSPS) is 12.5. The van der Waals surface area contributed by atoms with Crippen LogP contribution in [0.15, 0.2) is 18.2 Å². The minimum absolute atomic E-state index is 0.397. The summed E-state index contributed by atoms with van der Waals surface area (Å²) in [7, 11) is 0. The Balaban J connectivity index is 2.66. The lowest BCUT2D eigenvalue weighted by molar-refractivity contribution is 0.275. The average molecular weight is 190 g/mol. The van der Waals surface area contributed by atoms with Gasteiger partial charge < -0.3 is 4.74 Å². The average Bonchev–Trinajstić information content (AvgIpc) is 2.16. The Morgan fingerprint density at radius 3 is 2.43 bits per heavy atom. The maximum atomic E-state index is 5.75. The van der Waals surface area contributed by atoms with Gasteiger partial charge in [-0.15, -0.1) is 6.42 Å². The van der Waals surface area contributed by atoms with Gasteiger partial charge in [-0.2, -0.15) is 0 Å². The monoisotopic (exact) mass is 190 g/mol. The quantitative estimate of drug-likeness (QED) is 0.661. The zero-order valence-corrected chi connectivity index (χ0v) is 9.21. The van der Waals surface area contributed by atoms with Crippen LogP contribution >= 0.6 is 0 Å². The van der Waals surface area contributed by atoms with Crippen molar-refractivity contribution in [2.45, 2.75) is 20.8 Å². The Kier molecular flexibility index (Phi) is 3.87. The van der Waals surface area contributed by atoms with E-state index in [0.717, 1.165) is 5.75 Å². The standard InChI is InChI=1S/C13H18O/c1-5-10(2)9-14-13-11(3)7-6-8-12(13)4/h5-8,10H,1,9H2,2-4H3. The zero-order chi connectivity index (χ0) is 10.6. The van der Waals surface area contributed by atoms with E-state index in [9.17, 15) is 0 Å². The Morgan fingerprint density at radius 1 is 1.36 bits per heavy atom. The van der Waals surface area contributed by atoms with E-state index in [-0.39, 0.29) is 0 Å². The van der Waals surface area contributed by atoms with Crippen LogP contribution in [-0.4, -0.2) is 6.61 Å². The summed E-state index contributed by atoms with van der Waals surface area (Å²) in [6, 6.07) is 6.19. The topological polar surface area (TPSA) is 9.23 Å². The molecule has 1 nitrogen and oxygen atoms in total. The highest BCUT2D eigenvalue weighted by Crippen LogP contribution is 2.22. The molecule has 0 amide bonds. The van der Waals surface area contributed by atoms with Crippen LogP contribution in [0.5, 0.6) is 5.75 Å². The first-order valence-corrected chi connectivity index (χ1v) is 4.96. The summed E-state index contributed by atoms with van der Waals surface area (Å²) < 4.78 is 5.75. The van der Waals surface area contributed by atoms with Crippen molar-refractivity contribution in [1.29, 1.82) is 0 Å². The summed E-state index contributed by atoms with van der Waals surface area (Å²) in [4.78, 5) is 0. The van der Waals surface area contributed by atoms with Gasteiger partial charge in [-0.05, 0) is 25.0 Å². The van der Waals surface area contributed by atoms with Gasteiger partial charge in [0.25, 0.3) is 0 Å². The Morgan fingerprint density at radius 2 is 1.93 bits per heavy atom. The first-order valence-electron chi connectivity index (χ1n) is 4.96. The molecule has 0 bridgehead atoms. The van der Waals surface area contributed by atoms with E-state index in [0.29, 0.717) is 12.5 Å². The number of para-hydroxylation sites is 1. The van der Waals surface area contributed by atoms with Crippen molar-refractivity contribution in [3.63, 3.8) is 0 Å². The fourth-order valence-electron chi connectivity index (χ4n) is 1.31. The van der Waals surface area contributed by atoms with Gasteiger partial charge in [0.15, 0.2) is 0 Å². The lowest BCUT2D eigenvalue weighted by atomic mass is 10.1. The third-order valence-corrected chi connectivity index (χ3v) is 2.30. The highest BCUT2D eigenvalue weighted by atomic mass is 16.5. The van der Waals surface area contributed by atoms with E-state index >= 15 is 0 Å². The molecule has 14 heavy (non-hydrogen) atoms. The second kappa shape index (κ2) is 4.94. The number of benzene rings is 1. The van der Waals surface area contributed by atoms with Crippen LogP contribution < -0.4 is 4.74 Å². The molecule has 0 saturated heterocycles. The van der Waals surface area contributed by atoms with Crippen LogP contribution in [0.1, 0.15) is 18.1 Å². The van der Waals surface area contributed by atoms with Gasteiger partial charge in [0.2, 0.25) is 0 Å². The minimum Gasteiger partial charge on any atom is -0.495 e. The number of aryl methyl sites for hydroxylation is 2. The number of rotatable bonds is 4. The van der Waals surface area contributed by atoms with E-state index in [1.54, 1.807) is 0 Å². The highest BCUT2D eigenvalue weighted by Gasteiger charge is 2.03. The van der Waals surface area contributed by atoms with E-state index in [2.05, 4.69) is 45.9 Å². The molecular weight excluding hydrogens is 172 g/mol. The van der Waals surface area contributed by atoms with Crippen LogP contribution in [-0.2, 0) is 0 Å². The molecule has 0 spiro atoms. The summed E-state index contributed by atoms with van der Waals surface area (Å²) in [6.07, 6.45) is 1.91. The molecule has 1 unspecified atom stereocenters. The van der Waals surface area contributed by atoms with Gasteiger partial charge in [-0.1, -0.05) is 38.0 Å². The van der Waals surface area contributed by atoms with Crippen LogP contribution in [0.25, 0.3) is 0 Å². The molecule has 1 rings (SSSR count). The number of hydrogen-bond donors (Lipinski definition) is 0. The number of hydrogen-bond acceptors (Lipinski definition) is 1. The van der Waals surface area contributed by atoms with Gasteiger partial charge in [0.05, 0.1) is 6.61 Å². The molecule has 0 saturated carbocycles. The van der Waals surface area contributed by atoms with Crippen LogP contribution in [0, 0.1) is 33.1 Å². The third kappa shape index (κ3) is 2.69. The fourth-order valence-corrected chi connectivity index (χ4v) is 1.31. The molecule has 0 aliphatic heterocycles. The smallest absolute Gasteiger partial charge is 0.124 e. The maximum Gasteiger partial charge on any atom is 0.124 e. The Labute approximate surface area is 87.1 Å². The maximum absolute atomic E-state index is 5.75. The van der Waals surface area contributed by atoms with Crippen LogP contribution in [0.2, 0.25) is 0 Å². The largest absolute Gasteiger partial charge is 0.495 e. The van der Waals surface area contributed by atoms with Crippen molar-refractivity contribution in [1.82, 2.24) is 0 Å². The van der Waals surface area contributed by atoms with Gasteiger partial charge in [-0.25, -0.2) is 0 Å². The van der Waals surface area contributed by atoms with Gasteiger partial charge >= 0.3 is 0 Å². The molecule has 1 heteroatoms. The van der Waals surface area contributed by atoms with Gasteiger partial charge in [0, 0.05) is 0 Å².